The van der Waals surface area contributed by atoms with Crippen LogP contribution >= 0.6 is 0 Å². The summed E-state index contributed by atoms with van der Waals surface area (Å²) in [6.45, 7) is 1.96. The Morgan fingerprint density at radius 3 is 2.50 bits per heavy atom. The largest absolute Gasteiger partial charge is 0.392 e. The molecule has 1 fully saturated rings. The van der Waals surface area contributed by atoms with E-state index < -0.39 is 21.4 Å². The maximum atomic E-state index is 12.7. The highest BCUT2D eigenvalue weighted by Gasteiger charge is 2.48. The minimum absolute atomic E-state index is 0.0997. The van der Waals surface area contributed by atoms with Crippen molar-refractivity contribution in [2.45, 2.75) is 55.9 Å². The Hall–Kier alpha value is -0.870. The Labute approximate surface area is 120 Å². The van der Waals surface area contributed by atoms with Gasteiger partial charge in [-0.1, -0.05) is 44.4 Å². The van der Waals surface area contributed by atoms with Crippen molar-refractivity contribution in [3.63, 3.8) is 0 Å². The molecule has 0 aromatic heterocycles. The number of sulfone groups is 1. The molecule has 2 aliphatic rings. The summed E-state index contributed by atoms with van der Waals surface area (Å²) >= 11 is 0. The van der Waals surface area contributed by atoms with E-state index in [-0.39, 0.29) is 11.7 Å². The van der Waals surface area contributed by atoms with Gasteiger partial charge in [0.05, 0.1) is 16.8 Å². The summed E-state index contributed by atoms with van der Waals surface area (Å²) in [5, 5.41) is 10.8. The summed E-state index contributed by atoms with van der Waals surface area (Å²) in [5.41, 5.74) is 0.331. The third-order valence-corrected chi connectivity index (χ3v) is 7.17. The predicted octanol–water partition coefficient (Wildman–Crippen LogP) is 2.89. The quantitative estimate of drug-likeness (QED) is 0.800. The fourth-order valence-corrected chi connectivity index (χ4v) is 6.35. The van der Waals surface area contributed by atoms with E-state index in [1.165, 1.54) is 0 Å². The molecule has 1 N–H and O–H groups in total. The van der Waals surface area contributed by atoms with Crippen molar-refractivity contribution in [1.82, 2.24) is 0 Å². The van der Waals surface area contributed by atoms with Gasteiger partial charge in [-0.2, -0.15) is 0 Å². The van der Waals surface area contributed by atoms with Crippen molar-refractivity contribution in [3.8, 4) is 0 Å². The van der Waals surface area contributed by atoms with E-state index in [1.54, 1.807) is 12.1 Å². The van der Waals surface area contributed by atoms with Crippen LogP contribution in [0.5, 0.6) is 0 Å². The predicted molar refractivity (Wildman–Crippen MR) is 78.4 cm³/mol. The van der Waals surface area contributed by atoms with Gasteiger partial charge in [0.1, 0.15) is 0 Å². The first-order valence-corrected chi connectivity index (χ1v) is 9.11. The summed E-state index contributed by atoms with van der Waals surface area (Å²) in [6.07, 6.45) is 4.28. The van der Waals surface area contributed by atoms with Gasteiger partial charge >= 0.3 is 0 Å². The van der Waals surface area contributed by atoms with Crippen LogP contribution in [0.15, 0.2) is 29.2 Å². The fraction of sp³-hybridized carbons (Fsp3) is 0.625. The van der Waals surface area contributed by atoms with E-state index >= 15 is 0 Å². The molecule has 0 radical (unpaired) electrons. The van der Waals surface area contributed by atoms with Crippen LogP contribution in [0.2, 0.25) is 0 Å². The van der Waals surface area contributed by atoms with Gasteiger partial charge in [-0.25, -0.2) is 8.42 Å². The molecule has 2 atom stereocenters. The number of benzene rings is 1. The molecule has 110 valence electrons. The van der Waals surface area contributed by atoms with Gasteiger partial charge < -0.3 is 5.11 Å². The molecular weight excluding hydrogens is 272 g/mol. The highest BCUT2D eigenvalue weighted by Crippen LogP contribution is 2.48. The number of fused-ring (bicyclic) bond motifs is 1. The van der Waals surface area contributed by atoms with Crippen molar-refractivity contribution in [1.29, 1.82) is 0 Å². The van der Waals surface area contributed by atoms with Crippen LogP contribution < -0.4 is 0 Å². The van der Waals surface area contributed by atoms with Crippen LogP contribution in [0.3, 0.4) is 0 Å². The lowest BCUT2D eigenvalue weighted by Gasteiger charge is -2.41. The second kappa shape index (κ2) is 4.85. The van der Waals surface area contributed by atoms with Crippen LogP contribution in [-0.4, -0.2) is 25.4 Å². The molecule has 0 bridgehead atoms. The Morgan fingerprint density at radius 2 is 1.80 bits per heavy atom. The summed E-state index contributed by atoms with van der Waals surface area (Å²) in [4.78, 5) is 0.425. The zero-order valence-corrected chi connectivity index (χ0v) is 12.7. The molecule has 1 heterocycles. The van der Waals surface area contributed by atoms with Crippen LogP contribution in [0.1, 0.15) is 50.5 Å². The monoisotopic (exact) mass is 294 g/mol. The maximum Gasteiger partial charge on any atom is 0.179 e. The molecule has 1 aliphatic heterocycles. The smallest absolute Gasteiger partial charge is 0.179 e. The summed E-state index contributed by atoms with van der Waals surface area (Å²) < 4.78 is 25.5. The lowest BCUT2D eigenvalue weighted by atomic mass is 9.67. The summed E-state index contributed by atoms with van der Waals surface area (Å²) in [5.74, 6) is -0.0238. The number of aliphatic hydroxyl groups is 1. The topological polar surface area (TPSA) is 54.4 Å². The van der Waals surface area contributed by atoms with Gasteiger partial charge in [0.2, 0.25) is 0 Å². The first kappa shape index (κ1) is 14.1. The van der Waals surface area contributed by atoms with Gasteiger partial charge in [0.25, 0.3) is 0 Å². The number of hydrogen-bond donors (Lipinski definition) is 1. The van der Waals surface area contributed by atoms with Crippen LogP contribution in [-0.2, 0) is 9.84 Å². The molecule has 0 saturated heterocycles. The molecule has 1 aliphatic carbocycles. The Bertz CT molecular complexity index is 600. The summed E-state index contributed by atoms with van der Waals surface area (Å²) in [6, 6.07) is 7.17. The van der Waals surface area contributed by atoms with E-state index in [9.17, 15) is 13.5 Å². The normalized spacial score (nSPS) is 31.5. The molecule has 1 spiro atoms. The van der Waals surface area contributed by atoms with Crippen LogP contribution in [0, 0.1) is 5.41 Å². The molecule has 1 aromatic rings. The number of rotatable bonds is 0. The Morgan fingerprint density at radius 1 is 1.15 bits per heavy atom. The number of hydrogen-bond acceptors (Lipinski definition) is 3. The van der Waals surface area contributed by atoms with Gasteiger partial charge in [-0.15, -0.1) is 0 Å². The van der Waals surface area contributed by atoms with Gasteiger partial charge in [-0.3, -0.25) is 0 Å². The molecule has 4 heteroatoms. The summed E-state index contributed by atoms with van der Waals surface area (Å²) in [7, 11) is -3.31. The zero-order chi connectivity index (χ0) is 14.4. The molecule has 3 rings (SSSR count). The average Bonchev–Trinajstić information content (AvgIpc) is 2.50. The van der Waals surface area contributed by atoms with E-state index in [4.69, 9.17) is 0 Å². The molecular formula is C16H22O3S. The Kier molecular flexibility index (Phi) is 3.41. The third kappa shape index (κ3) is 2.09. The highest BCUT2D eigenvalue weighted by molar-refractivity contribution is 7.91. The highest BCUT2D eigenvalue weighted by atomic mass is 32.2. The van der Waals surface area contributed by atoms with E-state index in [0.29, 0.717) is 4.90 Å². The van der Waals surface area contributed by atoms with Crippen LogP contribution in [0.4, 0.5) is 0 Å². The van der Waals surface area contributed by atoms with Crippen molar-refractivity contribution >= 4 is 9.84 Å². The molecule has 20 heavy (non-hydrogen) atoms. The van der Waals surface area contributed by atoms with Crippen molar-refractivity contribution < 1.29 is 13.5 Å². The zero-order valence-electron chi connectivity index (χ0n) is 11.9. The minimum atomic E-state index is -3.31. The standard InChI is InChI=1S/C16H22O3S/c1-12-13-7-3-4-8-14(13)20(18,19)11-16(15(12)17)9-5-2-6-10-16/h3-4,7-8,12,15,17H,2,5-6,9-11H2,1H3/t12-,15+/m0/s1. The van der Waals surface area contributed by atoms with Crippen LogP contribution in [0.25, 0.3) is 0 Å². The first-order chi connectivity index (χ1) is 9.46. The lowest BCUT2D eigenvalue weighted by molar-refractivity contribution is -0.00199. The van der Waals surface area contributed by atoms with Gasteiger partial charge in [-0.05, 0) is 24.5 Å². The number of aliphatic hydroxyl groups excluding tert-OH is 1. The second-order valence-corrected chi connectivity index (χ2v) is 8.41. The maximum absolute atomic E-state index is 12.7. The van der Waals surface area contributed by atoms with Gasteiger partial charge in [0, 0.05) is 11.3 Å². The molecule has 3 nitrogen and oxygen atoms in total. The average molecular weight is 294 g/mol. The van der Waals surface area contributed by atoms with Gasteiger partial charge in [0.15, 0.2) is 9.84 Å². The third-order valence-electron chi connectivity index (χ3n) is 5.17. The van der Waals surface area contributed by atoms with Crippen molar-refractivity contribution in [3.05, 3.63) is 29.8 Å². The second-order valence-electron chi connectivity index (χ2n) is 6.45. The molecule has 1 saturated carbocycles. The SMILES string of the molecule is C[C@H]1c2ccccc2S(=O)(=O)CC2(CCCCC2)[C@@H]1O. The first-order valence-electron chi connectivity index (χ1n) is 7.46. The van der Waals surface area contributed by atoms with Crippen molar-refractivity contribution in [2.24, 2.45) is 5.41 Å². The van der Waals surface area contributed by atoms with E-state index in [0.717, 1.165) is 37.7 Å². The van der Waals surface area contributed by atoms with E-state index in [1.807, 2.05) is 19.1 Å². The van der Waals surface area contributed by atoms with Crippen molar-refractivity contribution in [2.75, 3.05) is 5.75 Å². The molecule has 1 aromatic carbocycles. The Balaban J connectivity index is 2.15. The molecule has 0 amide bonds. The van der Waals surface area contributed by atoms with E-state index in [2.05, 4.69) is 0 Å². The minimum Gasteiger partial charge on any atom is -0.392 e. The molecule has 0 unspecified atom stereocenters. The lowest BCUT2D eigenvalue weighted by Crippen LogP contribution is -2.43. The fourth-order valence-electron chi connectivity index (χ4n) is 4.08.